The quantitative estimate of drug-likeness (QED) is 0.872. The molecule has 0 saturated heterocycles. The van der Waals surface area contributed by atoms with Gasteiger partial charge in [-0.05, 0) is 31.5 Å². The van der Waals surface area contributed by atoms with Gasteiger partial charge in [-0.25, -0.2) is 9.78 Å². The summed E-state index contributed by atoms with van der Waals surface area (Å²) in [7, 11) is 1.99. The highest BCUT2D eigenvalue weighted by Gasteiger charge is 2.09. The van der Waals surface area contributed by atoms with Gasteiger partial charge >= 0.3 is 5.97 Å². The molecule has 1 heterocycles. The number of aromatic nitrogens is 2. The van der Waals surface area contributed by atoms with Crippen molar-refractivity contribution in [3.8, 4) is 0 Å². The van der Waals surface area contributed by atoms with E-state index in [1.54, 1.807) is 30.0 Å². The van der Waals surface area contributed by atoms with E-state index in [1.165, 1.54) is 0 Å². The largest absolute Gasteiger partial charge is 0.478 e. The van der Waals surface area contributed by atoms with Gasteiger partial charge in [-0.1, -0.05) is 23.9 Å². The Morgan fingerprint density at radius 3 is 2.74 bits per heavy atom. The van der Waals surface area contributed by atoms with Crippen LogP contribution in [0.5, 0.6) is 0 Å². The number of aromatic carboxylic acids is 1. The number of thioether (sulfide) groups is 1. The average molecular weight is 276 g/mol. The highest BCUT2D eigenvalue weighted by Crippen LogP contribution is 2.23. The Morgan fingerprint density at radius 2 is 2.16 bits per heavy atom. The number of hydrogen-bond acceptors (Lipinski definition) is 3. The van der Waals surface area contributed by atoms with Crippen molar-refractivity contribution in [3.05, 3.63) is 46.8 Å². The smallest absolute Gasteiger partial charge is 0.335 e. The molecule has 2 rings (SSSR count). The van der Waals surface area contributed by atoms with E-state index in [1.807, 2.05) is 27.0 Å². The molecule has 1 aromatic carbocycles. The first kappa shape index (κ1) is 13.7. The van der Waals surface area contributed by atoms with Crippen LogP contribution in [-0.4, -0.2) is 20.6 Å². The molecule has 0 spiro atoms. The van der Waals surface area contributed by atoms with Crippen LogP contribution in [0.25, 0.3) is 0 Å². The summed E-state index contributed by atoms with van der Waals surface area (Å²) in [6, 6.07) is 7.01. The summed E-state index contributed by atoms with van der Waals surface area (Å²) in [5.41, 5.74) is 3.50. The second-order valence-electron chi connectivity index (χ2n) is 4.42. The number of hydrogen-bond donors (Lipinski definition) is 1. The van der Waals surface area contributed by atoms with Gasteiger partial charge in [0, 0.05) is 18.5 Å². The van der Waals surface area contributed by atoms with Crippen molar-refractivity contribution in [2.24, 2.45) is 7.05 Å². The Hall–Kier alpha value is -1.75. The molecule has 100 valence electrons. The number of imidazole rings is 1. The Balaban J connectivity index is 2.12. The first-order chi connectivity index (χ1) is 8.99. The lowest BCUT2D eigenvalue weighted by atomic mass is 10.1. The number of aryl methyl sites for hydroxylation is 1. The summed E-state index contributed by atoms with van der Waals surface area (Å²) in [5, 5.41) is 9.91. The highest BCUT2D eigenvalue weighted by atomic mass is 32.2. The van der Waals surface area contributed by atoms with E-state index in [0.29, 0.717) is 11.3 Å². The van der Waals surface area contributed by atoms with E-state index >= 15 is 0 Å². The molecule has 0 fully saturated rings. The van der Waals surface area contributed by atoms with Crippen molar-refractivity contribution >= 4 is 17.7 Å². The lowest BCUT2D eigenvalue weighted by Crippen LogP contribution is -1.97. The second-order valence-corrected chi connectivity index (χ2v) is 5.36. The minimum atomic E-state index is -0.893. The predicted octanol–water partition coefficient (Wildman–Crippen LogP) is 3.03. The zero-order valence-corrected chi connectivity index (χ0v) is 12.0. The maximum atomic E-state index is 10.9. The number of carboxylic acid groups (broad SMARTS) is 1. The van der Waals surface area contributed by atoms with Gasteiger partial charge in [0.25, 0.3) is 0 Å². The SMILES string of the molecule is Cc1nc(SCc2cccc(C(=O)O)c2)n(C)c1C. The second kappa shape index (κ2) is 5.48. The number of carboxylic acids is 1. The maximum absolute atomic E-state index is 10.9. The molecular weight excluding hydrogens is 260 g/mol. The van der Waals surface area contributed by atoms with Crippen molar-refractivity contribution in [1.82, 2.24) is 9.55 Å². The van der Waals surface area contributed by atoms with Crippen LogP contribution in [0, 0.1) is 13.8 Å². The van der Waals surface area contributed by atoms with Crippen LogP contribution in [0.4, 0.5) is 0 Å². The Kier molecular flexibility index (Phi) is 3.95. The van der Waals surface area contributed by atoms with Gasteiger partial charge in [-0.15, -0.1) is 0 Å². The zero-order valence-electron chi connectivity index (χ0n) is 11.2. The van der Waals surface area contributed by atoms with Gasteiger partial charge in [0.2, 0.25) is 0 Å². The molecule has 0 bridgehead atoms. The summed E-state index contributed by atoms with van der Waals surface area (Å²) in [5.74, 6) is -0.180. The predicted molar refractivity (Wildman–Crippen MR) is 75.6 cm³/mol. The lowest BCUT2D eigenvalue weighted by molar-refractivity contribution is 0.0697. The third-order valence-corrected chi connectivity index (χ3v) is 4.22. The third-order valence-electron chi connectivity index (χ3n) is 3.12. The maximum Gasteiger partial charge on any atom is 0.335 e. The van der Waals surface area contributed by atoms with Crippen LogP contribution in [0.3, 0.4) is 0 Å². The molecule has 2 aromatic rings. The molecule has 0 aliphatic carbocycles. The van der Waals surface area contributed by atoms with Crippen LogP contribution in [0.15, 0.2) is 29.4 Å². The van der Waals surface area contributed by atoms with Crippen molar-refractivity contribution in [1.29, 1.82) is 0 Å². The number of benzene rings is 1. The van der Waals surface area contributed by atoms with Crippen LogP contribution in [0.2, 0.25) is 0 Å². The summed E-state index contributed by atoms with van der Waals surface area (Å²) < 4.78 is 2.06. The van der Waals surface area contributed by atoms with Crippen molar-refractivity contribution < 1.29 is 9.90 Å². The van der Waals surface area contributed by atoms with E-state index in [4.69, 9.17) is 5.11 Å². The molecule has 4 nitrogen and oxygen atoms in total. The van der Waals surface area contributed by atoms with E-state index in [9.17, 15) is 4.79 Å². The van der Waals surface area contributed by atoms with Gasteiger partial charge < -0.3 is 9.67 Å². The molecule has 0 atom stereocenters. The molecule has 0 aliphatic heterocycles. The topological polar surface area (TPSA) is 55.1 Å². The van der Waals surface area contributed by atoms with Crippen LogP contribution < -0.4 is 0 Å². The van der Waals surface area contributed by atoms with Gasteiger partial charge in [0.1, 0.15) is 0 Å². The highest BCUT2D eigenvalue weighted by molar-refractivity contribution is 7.98. The number of carbonyl (C=O) groups is 1. The first-order valence-corrected chi connectivity index (χ1v) is 6.92. The summed E-state index contributed by atoms with van der Waals surface area (Å²) >= 11 is 1.61. The van der Waals surface area contributed by atoms with Gasteiger partial charge in [0.15, 0.2) is 5.16 Å². The summed E-state index contributed by atoms with van der Waals surface area (Å²) in [4.78, 5) is 15.4. The lowest BCUT2D eigenvalue weighted by Gasteiger charge is -2.04. The van der Waals surface area contributed by atoms with Gasteiger partial charge in [-0.2, -0.15) is 0 Å². The fourth-order valence-electron chi connectivity index (χ4n) is 1.76. The van der Waals surface area contributed by atoms with E-state index < -0.39 is 5.97 Å². The molecule has 5 heteroatoms. The summed E-state index contributed by atoms with van der Waals surface area (Å²) in [6.45, 7) is 4.03. The Bertz CT molecular complexity index is 620. The van der Waals surface area contributed by atoms with Crippen molar-refractivity contribution in [2.75, 3.05) is 0 Å². The molecule has 0 saturated carbocycles. The fourth-order valence-corrected chi connectivity index (χ4v) is 2.76. The Morgan fingerprint density at radius 1 is 1.42 bits per heavy atom. The molecular formula is C14H16N2O2S. The number of nitrogens with zero attached hydrogens (tertiary/aromatic N) is 2. The minimum Gasteiger partial charge on any atom is -0.478 e. The third kappa shape index (κ3) is 2.98. The van der Waals surface area contributed by atoms with Crippen LogP contribution >= 0.6 is 11.8 Å². The average Bonchev–Trinajstić information content (AvgIpc) is 2.64. The van der Waals surface area contributed by atoms with E-state index in [-0.39, 0.29) is 0 Å². The molecule has 0 aliphatic rings. The number of rotatable bonds is 4. The monoisotopic (exact) mass is 276 g/mol. The fraction of sp³-hybridized carbons (Fsp3) is 0.286. The zero-order chi connectivity index (χ0) is 14.0. The standard InChI is InChI=1S/C14H16N2O2S/c1-9-10(2)16(3)14(15-9)19-8-11-5-4-6-12(7-11)13(17)18/h4-7H,8H2,1-3H3,(H,17,18). The van der Waals surface area contributed by atoms with E-state index in [2.05, 4.69) is 9.55 Å². The minimum absolute atomic E-state index is 0.324. The molecule has 0 unspecified atom stereocenters. The van der Waals surface area contributed by atoms with Crippen LogP contribution in [-0.2, 0) is 12.8 Å². The molecule has 0 amide bonds. The molecule has 1 N–H and O–H groups in total. The first-order valence-electron chi connectivity index (χ1n) is 5.94. The molecule has 0 radical (unpaired) electrons. The van der Waals surface area contributed by atoms with E-state index in [0.717, 1.165) is 22.1 Å². The van der Waals surface area contributed by atoms with Gasteiger partial charge in [-0.3, -0.25) is 0 Å². The van der Waals surface area contributed by atoms with Crippen molar-refractivity contribution in [2.45, 2.75) is 24.8 Å². The van der Waals surface area contributed by atoms with Crippen molar-refractivity contribution in [3.63, 3.8) is 0 Å². The molecule has 19 heavy (non-hydrogen) atoms. The summed E-state index contributed by atoms with van der Waals surface area (Å²) in [6.07, 6.45) is 0. The van der Waals surface area contributed by atoms with Crippen LogP contribution in [0.1, 0.15) is 27.3 Å². The Labute approximate surface area is 116 Å². The molecule has 1 aromatic heterocycles. The normalized spacial score (nSPS) is 10.7. The van der Waals surface area contributed by atoms with Gasteiger partial charge in [0.05, 0.1) is 11.3 Å².